The van der Waals surface area contributed by atoms with E-state index in [0.29, 0.717) is 16.8 Å². The molecule has 0 aliphatic carbocycles. The van der Waals surface area contributed by atoms with Crippen LogP contribution in [-0.4, -0.2) is 21.9 Å². The molecule has 0 unspecified atom stereocenters. The second-order valence-corrected chi connectivity index (χ2v) is 7.86. The van der Waals surface area contributed by atoms with Crippen molar-refractivity contribution < 1.29 is 19.1 Å². The standard InChI is InChI=1S/C27H21ClN2O4/c1-18-15-29-27(28)30-24(18)21-13-8-14-22(25(31)33-16-19-9-4-2-5-10-19)23(21)26(32)34-17-20-11-6-3-7-12-20/h2-15H,16-17H2,1H3. The van der Waals surface area contributed by atoms with Gasteiger partial charge in [0.2, 0.25) is 5.28 Å². The van der Waals surface area contributed by atoms with Crippen molar-refractivity contribution in [2.75, 3.05) is 0 Å². The van der Waals surface area contributed by atoms with Gasteiger partial charge in [-0.1, -0.05) is 72.8 Å². The van der Waals surface area contributed by atoms with Crippen LogP contribution in [0.1, 0.15) is 37.4 Å². The highest BCUT2D eigenvalue weighted by Crippen LogP contribution is 2.29. The Bertz CT molecular complexity index is 1310. The van der Waals surface area contributed by atoms with E-state index in [1.54, 1.807) is 25.3 Å². The van der Waals surface area contributed by atoms with Crippen LogP contribution in [0.15, 0.2) is 85.1 Å². The van der Waals surface area contributed by atoms with Gasteiger partial charge in [-0.05, 0) is 41.3 Å². The van der Waals surface area contributed by atoms with Crippen molar-refractivity contribution in [3.63, 3.8) is 0 Å². The number of hydrogen-bond donors (Lipinski definition) is 0. The number of carbonyl (C=O) groups excluding carboxylic acids is 2. The third-order valence-corrected chi connectivity index (χ3v) is 5.29. The molecule has 0 aliphatic heterocycles. The second kappa shape index (κ2) is 10.7. The number of benzene rings is 3. The fraction of sp³-hybridized carbons (Fsp3) is 0.111. The van der Waals surface area contributed by atoms with Crippen LogP contribution in [0.5, 0.6) is 0 Å². The van der Waals surface area contributed by atoms with E-state index < -0.39 is 11.9 Å². The van der Waals surface area contributed by atoms with Crippen LogP contribution in [-0.2, 0) is 22.7 Å². The van der Waals surface area contributed by atoms with Gasteiger partial charge in [-0.25, -0.2) is 19.6 Å². The fourth-order valence-electron chi connectivity index (χ4n) is 3.43. The summed E-state index contributed by atoms with van der Waals surface area (Å²) in [6, 6.07) is 23.5. The molecular formula is C27H21ClN2O4. The highest BCUT2D eigenvalue weighted by Gasteiger charge is 2.25. The maximum absolute atomic E-state index is 13.3. The monoisotopic (exact) mass is 472 g/mol. The Morgan fingerprint density at radius 3 is 2.00 bits per heavy atom. The van der Waals surface area contributed by atoms with E-state index in [1.807, 2.05) is 60.7 Å². The van der Waals surface area contributed by atoms with Gasteiger partial charge < -0.3 is 9.47 Å². The van der Waals surface area contributed by atoms with Crippen LogP contribution >= 0.6 is 11.6 Å². The van der Waals surface area contributed by atoms with Gasteiger partial charge >= 0.3 is 11.9 Å². The molecule has 170 valence electrons. The number of ether oxygens (including phenoxy) is 2. The summed E-state index contributed by atoms with van der Waals surface area (Å²) in [6.07, 6.45) is 1.56. The molecule has 0 saturated carbocycles. The summed E-state index contributed by atoms with van der Waals surface area (Å²) in [5, 5.41) is 0.0289. The SMILES string of the molecule is Cc1cnc(Cl)nc1-c1cccc(C(=O)OCc2ccccc2)c1C(=O)OCc1ccccc1. The zero-order valence-electron chi connectivity index (χ0n) is 18.4. The zero-order chi connectivity index (χ0) is 23.9. The molecule has 0 aliphatic rings. The van der Waals surface area contributed by atoms with E-state index in [2.05, 4.69) is 9.97 Å². The van der Waals surface area contributed by atoms with Gasteiger partial charge in [0.15, 0.2) is 0 Å². The lowest BCUT2D eigenvalue weighted by Crippen LogP contribution is -2.16. The molecule has 7 heteroatoms. The first-order valence-electron chi connectivity index (χ1n) is 10.6. The number of carbonyl (C=O) groups is 2. The summed E-state index contributed by atoms with van der Waals surface area (Å²) < 4.78 is 11.1. The molecule has 0 N–H and O–H groups in total. The average molecular weight is 473 g/mol. The average Bonchev–Trinajstić information content (AvgIpc) is 2.88. The summed E-state index contributed by atoms with van der Waals surface area (Å²) in [5.41, 5.74) is 3.34. The third-order valence-electron chi connectivity index (χ3n) is 5.11. The summed E-state index contributed by atoms with van der Waals surface area (Å²) >= 11 is 6.03. The number of halogens is 1. The Morgan fingerprint density at radius 1 is 0.794 bits per heavy atom. The van der Waals surface area contributed by atoms with Gasteiger partial charge in [-0.3, -0.25) is 0 Å². The summed E-state index contributed by atoms with van der Waals surface area (Å²) in [7, 11) is 0. The molecule has 0 atom stereocenters. The first kappa shape index (κ1) is 23.1. The third kappa shape index (κ3) is 5.47. The van der Waals surface area contributed by atoms with E-state index in [4.69, 9.17) is 21.1 Å². The molecule has 3 aromatic carbocycles. The van der Waals surface area contributed by atoms with E-state index in [-0.39, 0.29) is 29.6 Å². The molecule has 34 heavy (non-hydrogen) atoms. The normalized spacial score (nSPS) is 10.5. The quantitative estimate of drug-likeness (QED) is 0.249. The highest BCUT2D eigenvalue weighted by molar-refractivity contribution is 6.28. The van der Waals surface area contributed by atoms with E-state index in [1.165, 1.54) is 6.07 Å². The van der Waals surface area contributed by atoms with Gasteiger partial charge in [-0.2, -0.15) is 0 Å². The van der Waals surface area contributed by atoms with Crippen LogP contribution in [0.25, 0.3) is 11.3 Å². The number of aryl methyl sites for hydroxylation is 1. The van der Waals surface area contributed by atoms with Crippen LogP contribution in [0.4, 0.5) is 0 Å². The number of nitrogens with zero attached hydrogens (tertiary/aromatic N) is 2. The lowest BCUT2D eigenvalue weighted by atomic mass is 9.96. The molecule has 0 spiro atoms. The van der Waals surface area contributed by atoms with Gasteiger partial charge in [0.25, 0.3) is 0 Å². The van der Waals surface area contributed by atoms with Gasteiger partial charge in [0, 0.05) is 11.8 Å². The van der Waals surface area contributed by atoms with Crippen molar-refractivity contribution in [2.45, 2.75) is 20.1 Å². The van der Waals surface area contributed by atoms with E-state index in [0.717, 1.165) is 11.1 Å². The fourth-order valence-corrected chi connectivity index (χ4v) is 3.56. The second-order valence-electron chi connectivity index (χ2n) is 7.52. The molecule has 0 amide bonds. The lowest BCUT2D eigenvalue weighted by molar-refractivity contribution is 0.0426. The molecule has 1 aromatic heterocycles. The van der Waals surface area contributed by atoms with Crippen LogP contribution < -0.4 is 0 Å². The molecular weight excluding hydrogens is 452 g/mol. The van der Waals surface area contributed by atoms with Crippen molar-refractivity contribution in [3.8, 4) is 11.3 Å². The van der Waals surface area contributed by atoms with Crippen molar-refractivity contribution >= 4 is 23.5 Å². The van der Waals surface area contributed by atoms with Crippen LogP contribution in [0.2, 0.25) is 5.28 Å². The lowest BCUT2D eigenvalue weighted by Gasteiger charge is -2.15. The van der Waals surface area contributed by atoms with Crippen molar-refractivity contribution in [1.82, 2.24) is 9.97 Å². The molecule has 4 rings (SSSR count). The number of esters is 2. The van der Waals surface area contributed by atoms with Crippen molar-refractivity contribution in [3.05, 3.63) is 118 Å². The Balaban J connectivity index is 1.70. The summed E-state index contributed by atoms with van der Waals surface area (Å²) in [6.45, 7) is 1.92. The Kier molecular flexibility index (Phi) is 7.30. The predicted molar refractivity (Wildman–Crippen MR) is 128 cm³/mol. The van der Waals surface area contributed by atoms with E-state index in [9.17, 15) is 9.59 Å². The van der Waals surface area contributed by atoms with Crippen LogP contribution in [0.3, 0.4) is 0 Å². The molecule has 0 radical (unpaired) electrons. The molecule has 0 fully saturated rings. The number of hydrogen-bond acceptors (Lipinski definition) is 6. The molecule has 6 nitrogen and oxygen atoms in total. The number of rotatable bonds is 7. The molecule has 1 heterocycles. The zero-order valence-corrected chi connectivity index (χ0v) is 19.2. The Hall–Kier alpha value is -4.03. The van der Waals surface area contributed by atoms with Crippen molar-refractivity contribution in [2.24, 2.45) is 0 Å². The smallest absolute Gasteiger partial charge is 0.340 e. The minimum absolute atomic E-state index is 0.0289. The minimum Gasteiger partial charge on any atom is -0.457 e. The van der Waals surface area contributed by atoms with Gasteiger partial charge in [-0.15, -0.1) is 0 Å². The molecule has 0 bridgehead atoms. The van der Waals surface area contributed by atoms with Crippen LogP contribution in [0, 0.1) is 6.92 Å². The number of aromatic nitrogens is 2. The summed E-state index contributed by atoms with van der Waals surface area (Å²) in [4.78, 5) is 34.6. The molecule has 4 aromatic rings. The first-order valence-corrected chi connectivity index (χ1v) is 11.0. The molecule has 0 saturated heterocycles. The Labute approximate surface area is 202 Å². The maximum atomic E-state index is 13.3. The largest absolute Gasteiger partial charge is 0.457 e. The summed E-state index contributed by atoms with van der Waals surface area (Å²) in [5.74, 6) is -1.31. The Morgan fingerprint density at radius 2 is 1.38 bits per heavy atom. The maximum Gasteiger partial charge on any atom is 0.340 e. The predicted octanol–water partition coefficient (Wildman–Crippen LogP) is 5.82. The minimum atomic E-state index is -0.666. The first-order chi connectivity index (χ1) is 16.5. The highest BCUT2D eigenvalue weighted by atomic mass is 35.5. The van der Waals surface area contributed by atoms with Gasteiger partial charge in [0.05, 0.1) is 16.8 Å². The van der Waals surface area contributed by atoms with Gasteiger partial charge in [0.1, 0.15) is 13.2 Å². The topological polar surface area (TPSA) is 78.4 Å². The van der Waals surface area contributed by atoms with Crippen molar-refractivity contribution in [1.29, 1.82) is 0 Å². The van der Waals surface area contributed by atoms with E-state index >= 15 is 0 Å².